The van der Waals surface area contributed by atoms with Gasteiger partial charge in [-0.2, -0.15) is 0 Å². The molecule has 0 fully saturated rings. The van der Waals surface area contributed by atoms with Crippen molar-refractivity contribution in [1.82, 2.24) is 20.4 Å². The zero-order valence-electron chi connectivity index (χ0n) is 22.1. The van der Waals surface area contributed by atoms with E-state index in [1.165, 1.54) is 66.8 Å². The third kappa shape index (κ3) is 2.78. The summed E-state index contributed by atoms with van der Waals surface area (Å²) in [5.41, 5.74) is 17.2. The lowest BCUT2D eigenvalue weighted by Crippen LogP contribution is -2.31. The molecule has 0 unspecified atom stereocenters. The molecule has 0 aliphatic heterocycles. The minimum Gasteiger partial charge on any atom is -0.147 e. The molecule has 198 valence electrons. The van der Waals surface area contributed by atoms with Crippen LogP contribution in [0.3, 0.4) is 0 Å². The minimum absolute atomic E-state index is 0.0423. The third-order valence-electron chi connectivity index (χ3n) is 9.86. The Morgan fingerprint density at radius 1 is 0.333 bits per heavy atom. The highest BCUT2D eigenvalue weighted by atomic mass is 79.9. The van der Waals surface area contributed by atoms with E-state index < -0.39 is 0 Å². The summed E-state index contributed by atoms with van der Waals surface area (Å²) in [6, 6.07) is 35.4. The Kier molecular flexibility index (Phi) is 4.66. The monoisotopic (exact) mass is 666 g/mol. The summed E-state index contributed by atoms with van der Waals surface area (Å²) in [6.07, 6.45) is 0. The molecule has 0 saturated carbocycles. The first-order chi connectivity index (χ1) is 20.7. The first-order valence-corrected chi connectivity index (χ1v) is 15.8. The molecule has 0 amide bonds. The Morgan fingerprint density at radius 3 is 0.833 bits per heavy atom. The third-order valence-corrected chi connectivity index (χ3v) is 11.0. The van der Waals surface area contributed by atoms with Crippen molar-refractivity contribution in [2.24, 2.45) is 0 Å². The second-order valence-electron chi connectivity index (χ2n) is 11.6. The number of rotatable bonds is 1. The van der Waals surface area contributed by atoms with Gasteiger partial charge < -0.3 is 0 Å². The molecule has 4 bridgehead atoms. The van der Waals surface area contributed by atoms with Gasteiger partial charge in [0.15, 0.2) is 0 Å². The van der Waals surface area contributed by atoms with E-state index in [-0.39, 0.29) is 23.7 Å². The van der Waals surface area contributed by atoms with Crippen LogP contribution in [0.4, 0.5) is 0 Å². The summed E-state index contributed by atoms with van der Waals surface area (Å²) in [7, 11) is 0. The Morgan fingerprint density at radius 2 is 0.571 bits per heavy atom. The van der Waals surface area contributed by atoms with E-state index in [1.54, 1.807) is 0 Å². The first kappa shape index (κ1) is 23.6. The van der Waals surface area contributed by atoms with Gasteiger partial charge in [-0.05, 0) is 76.4 Å². The molecule has 0 radical (unpaired) electrons. The maximum absolute atomic E-state index is 4.95. The smallest absolute Gasteiger partial charge is 0.133 e. The van der Waals surface area contributed by atoms with Gasteiger partial charge in [0.25, 0.3) is 0 Å². The van der Waals surface area contributed by atoms with Crippen molar-refractivity contribution in [3.8, 4) is 11.4 Å². The van der Waals surface area contributed by atoms with Crippen LogP contribution in [-0.4, -0.2) is 20.4 Å². The standard InChI is InChI=1S/C36H20Br2N4/c37-35-31-27-21-13-5-1-9-17(21)25(18-10-2-6-14-22(18)27)29(31)33(39-41-35)34-30-26-19-11-3-7-15-23(19)28(32(30)36(38)42-40-34)24-16-8-4-12-20(24)26/h1-16,25-28H. The fourth-order valence-corrected chi connectivity index (χ4v) is 9.47. The van der Waals surface area contributed by atoms with E-state index in [0.29, 0.717) is 0 Å². The number of benzene rings is 4. The van der Waals surface area contributed by atoms with Gasteiger partial charge in [0.1, 0.15) is 20.6 Å². The molecule has 6 heteroatoms. The zero-order chi connectivity index (χ0) is 27.7. The number of hydrogen-bond acceptors (Lipinski definition) is 4. The van der Waals surface area contributed by atoms with Crippen molar-refractivity contribution in [1.29, 1.82) is 0 Å². The van der Waals surface area contributed by atoms with Gasteiger partial charge in [0, 0.05) is 45.9 Å². The Balaban J connectivity index is 1.30. The van der Waals surface area contributed by atoms with Crippen molar-refractivity contribution in [2.45, 2.75) is 23.7 Å². The first-order valence-electron chi connectivity index (χ1n) is 14.2. The predicted octanol–water partition coefficient (Wildman–Crippen LogP) is 8.43. The summed E-state index contributed by atoms with van der Waals surface area (Å²) in [5.74, 6) is 0.248. The van der Waals surface area contributed by atoms with Crippen LogP contribution in [0, 0.1) is 0 Å². The van der Waals surface area contributed by atoms with E-state index in [4.69, 9.17) is 20.4 Å². The molecule has 0 atom stereocenters. The van der Waals surface area contributed by atoms with Crippen LogP contribution in [0.15, 0.2) is 106 Å². The molecular formula is C36H20Br2N4. The zero-order valence-corrected chi connectivity index (χ0v) is 25.3. The fraction of sp³-hybridized carbons (Fsp3) is 0.111. The van der Waals surface area contributed by atoms with Crippen LogP contribution in [0.5, 0.6) is 0 Å². The maximum Gasteiger partial charge on any atom is 0.133 e. The van der Waals surface area contributed by atoms with Crippen molar-refractivity contribution < 1.29 is 0 Å². The fourth-order valence-electron chi connectivity index (χ4n) is 8.42. The molecule has 6 aromatic rings. The van der Waals surface area contributed by atoms with Crippen molar-refractivity contribution in [3.05, 3.63) is 173 Å². The molecule has 2 aromatic heterocycles. The largest absolute Gasteiger partial charge is 0.147 e. The number of aromatic nitrogens is 4. The van der Waals surface area contributed by atoms with Crippen LogP contribution in [0.25, 0.3) is 11.4 Å². The van der Waals surface area contributed by atoms with Crippen LogP contribution >= 0.6 is 31.9 Å². The molecule has 6 aliphatic rings. The Labute approximate surface area is 259 Å². The summed E-state index contributed by atoms with van der Waals surface area (Å²) in [5, 5.41) is 19.4. The Hall–Kier alpha value is -4.00. The van der Waals surface area contributed by atoms with Crippen LogP contribution in [0.1, 0.15) is 90.4 Å². The number of halogens is 2. The Bertz CT molecular complexity index is 1920. The molecule has 0 N–H and O–H groups in total. The normalized spacial score (nSPS) is 21.1. The van der Waals surface area contributed by atoms with Gasteiger partial charge in [-0.1, -0.05) is 97.1 Å². The SMILES string of the molecule is Brc1nnc(-c2nnc(Br)c3c2C2c4ccccc4C3c3ccccc32)c2c1C1c3ccccc3C2c2ccccc21. The second kappa shape index (κ2) is 8.30. The molecule has 6 aliphatic carbocycles. The molecule has 42 heavy (non-hydrogen) atoms. The number of nitrogens with zero attached hydrogens (tertiary/aromatic N) is 4. The molecule has 0 spiro atoms. The van der Waals surface area contributed by atoms with E-state index >= 15 is 0 Å². The van der Waals surface area contributed by atoms with E-state index in [0.717, 1.165) is 20.6 Å². The van der Waals surface area contributed by atoms with Gasteiger partial charge in [0.2, 0.25) is 0 Å². The summed E-state index contributed by atoms with van der Waals surface area (Å²) in [4.78, 5) is 0. The van der Waals surface area contributed by atoms with Crippen LogP contribution in [-0.2, 0) is 0 Å². The maximum atomic E-state index is 4.95. The van der Waals surface area contributed by atoms with Crippen molar-refractivity contribution >= 4 is 31.9 Å². The second-order valence-corrected chi connectivity index (χ2v) is 13.1. The van der Waals surface area contributed by atoms with E-state index in [2.05, 4.69) is 129 Å². The van der Waals surface area contributed by atoms with Gasteiger partial charge >= 0.3 is 0 Å². The van der Waals surface area contributed by atoms with Gasteiger partial charge in [-0.3, -0.25) is 0 Å². The average molecular weight is 668 g/mol. The van der Waals surface area contributed by atoms with Crippen molar-refractivity contribution in [2.75, 3.05) is 0 Å². The molecule has 2 heterocycles. The molecular weight excluding hydrogens is 648 g/mol. The van der Waals surface area contributed by atoms with E-state index in [1.807, 2.05) is 0 Å². The summed E-state index contributed by atoms with van der Waals surface area (Å²) in [6.45, 7) is 0. The minimum atomic E-state index is 0.0423. The molecule has 4 aromatic carbocycles. The van der Waals surface area contributed by atoms with E-state index in [9.17, 15) is 0 Å². The van der Waals surface area contributed by atoms with Gasteiger partial charge in [-0.25, -0.2) is 0 Å². The van der Waals surface area contributed by atoms with Crippen LogP contribution < -0.4 is 0 Å². The summed E-state index contributed by atoms with van der Waals surface area (Å²) < 4.78 is 1.60. The highest BCUT2D eigenvalue weighted by molar-refractivity contribution is 9.10. The lowest BCUT2D eigenvalue weighted by atomic mass is 9.59. The molecule has 4 nitrogen and oxygen atoms in total. The molecule has 12 rings (SSSR count). The number of hydrogen-bond donors (Lipinski definition) is 0. The quantitative estimate of drug-likeness (QED) is 0.176. The summed E-state index contributed by atoms with van der Waals surface area (Å²) >= 11 is 7.68. The average Bonchev–Trinajstić information content (AvgIpc) is 3.05. The molecule has 0 saturated heterocycles. The highest BCUT2D eigenvalue weighted by Gasteiger charge is 2.48. The highest BCUT2D eigenvalue weighted by Crippen LogP contribution is 2.61. The van der Waals surface area contributed by atoms with Crippen molar-refractivity contribution in [3.63, 3.8) is 0 Å². The lowest BCUT2D eigenvalue weighted by molar-refractivity contribution is 0.713. The predicted molar refractivity (Wildman–Crippen MR) is 168 cm³/mol. The van der Waals surface area contributed by atoms with Crippen LogP contribution in [0.2, 0.25) is 0 Å². The topological polar surface area (TPSA) is 51.6 Å². The lowest BCUT2D eigenvalue weighted by Gasteiger charge is -2.44. The van der Waals surface area contributed by atoms with Gasteiger partial charge in [0.05, 0.1) is 0 Å². The van der Waals surface area contributed by atoms with Gasteiger partial charge in [-0.15, -0.1) is 20.4 Å².